The van der Waals surface area contributed by atoms with Crippen molar-refractivity contribution in [1.29, 1.82) is 0 Å². The van der Waals surface area contributed by atoms with Crippen molar-refractivity contribution in [2.45, 2.75) is 57.4 Å². The van der Waals surface area contributed by atoms with E-state index in [1.807, 2.05) is 6.92 Å². The molecule has 1 aliphatic rings. The van der Waals surface area contributed by atoms with Gasteiger partial charge in [0.05, 0.1) is 10.9 Å². The molecule has 0 saturated heterocycles. The average molecular weight is 416 g/mol. The Hall–Kier alpha value is -1.52. The van der Waals surface area contributed by atoms with Crippen LogP contribution in [0.3, 0.4) is 0 Å². The van der Waals surface area contributed by atoms with Gasteiger partial charge in [0.2, 0.25) is 0 Å². The Kier molecular flexibility index (Phi) is 7.35. The third kappa shape index (κ3) is 6.86. The van der Waals surface area contributed by atoms with Gasteiger partial charge in [-0.15, -0.1) is 11.3 Å². The lowest BCUT2D eigenvalue weighted by Gasteiger charge is -2.31. The van der Waals surface area contributed by atoms with Crippen LogP contribution in [0.25, 0.3) is 0 Å². The van der Waals surface area contributed by atoms with Gasteiger partial charge in [-0.1, -0.05) is 0 Å². The van der Waals surface area contributed by atoms with Gasteiger partial charge >= 0.3 is 12.4 Å². The van der Waals surface area contributed by atoms with Crippen LogP contribution >= 0.6 is 11.3 Å². The Morgan fingerprint density at radius 3 is 2.37 bits per heavy atom. The van der Waals surface area contributed by atoms with Crippen molar-refractivity contribution in [2.75, 3.05) is 13.1 Å². The molecule has 2 N–H and O–H groups in total. The van der Waals surface area contributed by atoms with Gasteiger partial charge in [0.15, 0.2) is 11.7 Å². The molecule has 1 saturated carbocycles. The van der Waals surface area contributed by atoms with Crippen LogP contribution in [0, 0.1) is 5.92 Å². The second-order valence-corrected chi connectivity index (χ2v) is 7.31. The number of hydrogen-bond acceptors (Lipinski definition) is 3. The molecule has 154 valence electrons. The highest BCUT2D eigenvalue weighted by Crippen LogP contribution is 2.37. The monoisotopic (exact) mass is 416 g/mol. The number of hydrogen-bond donors (Lipinski definition) is 2. The summed E-state index contributed by atoms with van der Waals surface area (Å²) < 4.78 is 75.8. The molecule has 0 unspecified atom stereocenters. The summed E-state index contributed by atoms with van der Waals surface area (Å²) in [5.74, 6) is -0.789. The van der Waals surface area contributed by atoms with E-state index in [1.54, 1.807) is 0 Å². The van der Waals surface area contributed by atoms with Crippen LogP contribution in [0.5, 0.6) is 0 Å². The number of nitrogens with one attached hydrogen (secondary N) is 2. The maximum atomic E-state index is 12.7. The number of nitrogens with zero attached hydrogens (tertiary/aromatic N) is 2. The molecule has 0 aliphatic heterocycles. The Labute approximate surface area is 157 Å². The predicted octanol–water partition coefficient (Wildman–Crippen LogP) is 4.38. The van der Waals surface area contributed by atoms with Crippen molar-refractivity contribution in [2.24, 2.45) is 10.9 Å². The number of thiazole rings is 1. The molecule has 1 aliphatic carbocycles. The molecule has 1 fully saturated rings. The summed E-state index contributed by atoms with van der Waals surface area (Å²) in [7, 11) is 0. The summed E-state index contributed by atoms with van der Waals surface area (Å²) in [5, 5.41) is 7.44. The molecule has 4 nitrogen and oxygen atoms in total. The smallest absolute Gasteiger partial charge is 0.357 e. The van der Waals surface area contributed by atoms with E-state index in [2.05, 4.69) is 20.6 Å². The summed E-state index contributed by atoms with van der Waals surface area (Å²) in [6.07, 6.45) is -7.37. The van der Waals surface area contributed by atoms with Crippen molar-refractivity contribution < 1.29 is 26.3 Å². The highest BCUT2D eigenvalue weighted by molar-refractivity contribution is 7.09. The molecule has 1 aromatic rings. The molecule has 0 amide bonds. The fraction of sp³-hybridized carbons (Fsp3) is 0.750. The molecule has 0 bridgehead atoms. The lowest BCUT2D eigenvalue weighted by Crippen LogP contribution is -2.45. The minimum absolute atomic E-state index is 0.0832. The van der Waals surface area contributed by atoms with Crippen molar-refractivity contribution in [1.82, 2.24) is 15.6 Å². The third-order valence-electron chi connectivity index (χ3n) is 4.31. The van der Waals surface area contributed by atoms with Gasteiger partial charge in [-0.2, -0.15) is 26.3 Å². The maximum absolute atomic E-state index is 12.7. The van der Waals surface area contributed by atoms with Gasteiger partial charge in [-0.25, -0.2) is 4.98 Å². The van der Waals surface area contributed by atoms with E-state index in [0.29, 0.717) is 30.4 Å². The number of rotatable bonds is 5. The van der Waals surface area contributed by atoms with Crippen molar-refractivity contribution >= 4 is 17.3 Å². The first-order valence-electron chi connectivity index (χ1n) is 8.72. The second-order valence-electron chi connectivity index (χ2n) is 6.37. The first-order valence-corrected chi connectivity index (χ1v) is 9.60. The summed E-state index contributed by atoms with van der Waals surface area (Å²) in [4.78, 5) is 7.85. The lowest BCUT2D eigenvalue weighted by atomic mass is 9.85. The maximum Gasteiger partial charge on any atom is 0.434 e. The van der Waals surface area contributed by atoms with E-state index >= 15 is 0 Å². The highest BCUT2D eigenvalue weighted by atomic mass is 32.1. The van der Waals surface area contributed by atoms with Crippen LogP contribution in [-0.4, -0.2) is 36.3 Å². The summed E-state index contributed by atoms with van der Waals surface area (Å²) in [6.45, 7) is 2.66. The van der Waals surface area contributed by atoms with E-state index in [9.17, 15) is 26.3 Å². The van der Waals surface area contributed by atoms with Gasteiger partial charge in [0, 0.05) is 30.9 Å². The molecule has 1 heterocycles. The Bertz CT molecular complexity index is 617. The first kappa shape index (κ1) is 21.8. The van der Waals surface area contributed by atoms with Crippen molar-refractivity contribution in [3.05, 3.63) is 16.1 Å². The van der Waals surface area contributed by atoms with Gasteiger partial charge in [-0.05, 0) is 32.6 Å². The van der Waals surface area contributed by atoms with Crippen molar-refractivity contribution in [3.8, 4) is 0 Å². The highest BCUT2D eigenvalue weighted by Gasteiger charge is 2.41. The standard InChI is InChI=1S/C16H22F6N4S/c1-2-23-14(25-11-5-3-10(4-6-11)15(17,18)19)24-8-7-13-26-12(9-27-13)16(20,21)22/h9-11H,2-8H2,1H3,(H2,23,24,25). The summed E-state index contributed by atoms with van der Waals surface area (Å²) >= 11 is 0.932. The molecule has 0 radical (unpaired) electrons. The zero-order chi connectivity index (χ0) is 20.1. The molecular weight excluding hydrogens is 394 g/mol. The first-order chi connectivity index (χ1) is 12.6. The van der Waals surface area contributed by atoms with Crippen LogP contribution in [0.2, 0.25) is 0 Å². The van der Waals surface area contributed by atoms with E-state index in [4.69, 9.17) is 0 Å². The topological polar surface area (TPSA) is 49.3 Å². The van der Waals surface area contributed by atoms with E-state index < -0.39 is 24.0 Å². The van der Waals surface area contributed by atoms with Gasteiger partial charge in [-0.3, -0.25) is 4.99 Å². The van der Waals surface area contributed by atoms with Crippen molar-refractivity contribution in [3.63, 3.8) is 0 Å². The molecular formula is C16H22F6N4S. The second kappa shape index (κ2) is 9.11. The summed E-state index contributed by atoms with van der Waals surface area (Å²) in [6, 6.07) is -0.0990. The van der Waals surface area contributed by atoms with Crippen LogP contribution in [-0.2, 0) is 12.6 Å². The minimum atomic E-state index is -4.45. The average Bonchev–Trinajstić information content (AvgIpc) is 3.04. The van der Waals surface area contributed by atoms with Crippen LogP contribution in [0.4, 0.5) is 26.3 Å². The number of alkyl halides is 6. The lowest BCUT2D eigenvalue weighted by molar-refractivity contribution is -0.182. The van der Waals surface area contributed by atoms with Gasteiger partial charge < -0.3 is 10.6 Å². The zero-order valence-corrected chi connectivity index (χ0v) is 15.6. The van der Waals surface area contributed by atoms with E-state index in [-0.39, 0.29) is 31.8 Å². The van der Waals surface area contributed by atoms with E-state index in [0.717, 1.165) is 16.7 Å². The molecule has 27 heavy (non-hydrogen) atoms. The fourth-order valence-electron chi connectivity index (χ4n) is 2.90. The van der Waals surface area contributed by atoms with Gasteiger partial charge in [0.1, 0.15) is 0 Å². The quantitative estimate of drug-likeness (QED) is 0.426. The Morgan fingerprint density at radius 1 is 1.19 bits per heavy atom. The van der Waals surface area contributed by atoms with E-state index in [1.165, 1.54) is 0 Å². The Balaban J connectivity index is 1.85. The predicted molar refractivity (Wildman–Crippen MR) is 91.7 cm³/mol. The molecule has 0 aromatic carbocycles. The van der Waals surface area contributed by atoms with Crippen LogP contribution < -0.4 is 10.6 Å². The fourth-order valence-corrected chi connectivity index (χ4v) is 3.69. The number of aliphatic imine (C=N–C) groups is 1. The number of aromatic nitrogens is 1. The molecule has 0 spiro atoms. The SMILES string of the molecule is CCNC(=NCCc1nc(C(F)(F)F)cs1)NC1CCC(C(F)(F)F)CC1. The molecule has 0 atom stereocenters. The largest absolute Gasteiger partial charge is 0.434 e. The molecule has 1 aromatic heterocycles. The zero-order valence-electron chi connectivity index (χ0n) is 14.8. The normalized spacial score (nSPS) is 22.0. The number of halogens is 6. The number of guanidine groups is 1. The Morgan fingerprint density at radius 2 is 1.85 bits per heavy atom. The molecule has 11 heteroatoms. The minimum Gasteiger partial charge on any atom is -0.357 e. The van der Waals surface area contributed by atoms with Crippen LogP contribution in [0.15, 0.2) is 10.4 Å². The molecule has 2 rings (SSSR count). The summed E-state index contributed by atoms with van der Waals surface area (Å²) in [5.41, 5.74) is -0.905. The third-order valence-corrected chi connectivity index (χ3v) is 5.22. The van der Waals surface area contributed by atoms with Crippen LogP contribution in [0.1, 0.15) is 43.3 Å². The van der Waals surface area contributed by atoms with Gasteiger partial charge in [0.25, 0.3) is 0 Å².